The number of amides is 1. The van der Waals surface area contributed by atoms with Crippen LogP contribution in [0.25, 0.3) is 0 Å². The Morgan fingerprint density at radius 3 is 2.56 bits per heavy atom. The Labute approximate surface area is 161 Å². The van der Waals surface area contributed by atoms with Crippen LogP contribution in [0.5, 0.6) is 0 Å². The fraction of sp³-hybridized carbons (Fsp3) is 0.353. The van der Waals surface area contributed by atoms with Crippen LogP contribution in [0.1, 0.15) is 23.0 Å². The minimum atomic E-state index is -3.24. The molecule has 10 heteroatoms. The highest BCUT2D eigenvalue weighted by atomic mass is 32.2. The van der Waals surface area contributed by atoms with Gasteiger partial charge >= 0.3 is 0 Å². The van der Waals surface area contributed by atoms with Gasteiger partial charge in [-0.2, -0.15) is 5.10 Å². The highest BCUT2D eigenvalue weighted by Gasteiger charge is 2.17. The second-order valence-electron chi connectivity index (χ2n) is 6.05. The molecule has 1 fully saturated rings. The lowest BCUT2D eigenvalue weighted by Gasteiger charge is -2.25. The second-order valence-corrected chi connectivity index (χ2v) is 8.90. The summed E-state index contributed by atoms with van der Waals surface area (Å²) in [6.07, 6.45) is 1.15. The first-order valence-electron chi connectivity index (χ1n) is 8.28. The minimum Gasteiger partial charge on any atom is -0.378 e. The molecular formula is C17H20N4O4S2. The molecule has 1 aromatic heterocycles. The second kappa shape index (κ2) is 8.15. The zero-order chi connectivity index (χ0) is 19.4. The van der Waals surface area contributed by atoms with Gasteiger partial charge in [0.15, 0.2) is 15.0 Å². The minimum absolute atomic E-state index is 0.237. The molecule has 0 atom stereocenters. The van der Waals surface area contributed by atoms with E-state index in [2.05, 4.69) is 20.4 Å². The molecule has 0 unspecified atom stereocenters. The monoisotopic (exact) mass is 408 g/mol. The first-order chi connectivity index (χ1) is 12.8. The van der Waals surface area contributed by atoms with Crippen molar-refractivity contribution in [3.05, 3.63) is 40.9 Å². The van der Waals surface area contributed by atoms with Gasteiger partial charge in [-0.1, -0.05) is 12.1 Å². The number of carbonyl (C=O) groups is 1. The summed E-state index contributed by atoms with van der Waals surface area (Å²) in [5.41, 5.74) is 4.08. The summed E-state index contributed by atoms with van der Waals surface area (Å²) in [4.78, 5) is 19.0. The van der Waals surface area contributed by atoms with E-state index in [1.165, 1.54) is 23.5 Å². The fourth-order valence-corrected chi connectivity index (χ4v) is 3.96. The molecule has 27 heavy (non-hydrogen) atoms. The van der Waals surface area contributed by atoms with E-state index >= 15 is 0 Å². The first-order valence-corrected chi connectivity index (χ1v) is 11.0. The SMILES string of the molecule is C/C(=N/NC(=O)c1csc(N2CCOCC2)n1)c1ccc(S(C)(=O)=O)cc1. The molecule has 1 aliphatic heterocycles. The number of hydrogen-bond donors (Lipinski definition) is 1. The van der Waals surface area contributed by atoms with Crippen molar-refractivity contribution in [3.63, 3.8) is 0 Å². The summed E-state index contributed by atoms with van der Waals surface area (Å²) in [5, 5.41) is 6.58. The van der Waals surface area contributed by atoms with E-state index in [4.69, 9.17) is 4.74 Å². The summed E-state index contributed by atoms with van der Waals surface area (Å²) in [5.74, 6) is -0.391. The van der Waals surface area contributed by atoms with Crippen LogP contribution in [0, 0.1) is 0 Å². The van der Waals surface area contributed by atoms with Crippen molar-refractivity contribution in [1.29, 1.82) is 0 Å². The van der Waals surface area contributed by atoms with E-state index in [1.54, 1.807) is 24.4 Å². The number of sulfone groups is 1. The molecular weight excluding hydrogens is 388 g/mol. The zero-order valence-corrected chi connectivity index (χ0v) is 16.6. The van der Waals surface area contributed by atoms with Crippen LogP contribution in [-0.2, 0) is 14.6 Å². The average Bonchev–Trinajstić information content (AvgIpc) is 3.16. The van der Waals surface area contributed by atoms with E-state index in [0.29, 0.717) is 24.6 Å². The average molecular weight is 409 g/mol. The zero-order valence-electron chi connectivity index (χ0n) is 15.0. The van der Waals surface area contributed by atoms with Gasteiger partial charge in [0.1, 0.15) is 5.69 Å². The third kappa shape index (κ3) is 4.90. The summed E-state index contributed by atoms with van der Waals surface area (Å²) >= 11 is 1.41. The highest BCUT2D eigenvalue weighted by molar-refractivity contribution is 7.90. The number of hydrogen-bond acceptors (Lipinski definition) is 8. The Morgan fingerprint density at radius 1 is 1.26 bits per heavy atom. The number of anilines is 1. The summed E-state index contributed by atoms with van der Waals surface area (Å²) in [6, 6.07) is 6.34. The number of hydrazone groups is 1. The number of aromatic nitrogens is 1. The van der Waals surface area contributed by atoms with Crippen LogP contribution in [0.3, 0.4) is 0 Å². The predicted octanol–water partition coefficient (Wildman–Crippen LogP) is 1.54. The molecule has 0 saturated carbocycles. The highest BCUT2D eigenvalue weighted by Crippen LogP contribution is 2.21. The molecule has 0 aliphatic carbocycles. The molecule has 0 spiro atoms. The molecule has 1 saturated heterocycles. The number of morpholine rings is 1. The molecule has 1 aromatic carbocycles. The molecule has 144 valence electrons. The third-order valence-electron chi connectivity index (χ3n) is 4.03. The van der Waals surface area contributed by atoms with Gasteiger partial charge in [-0.15, -0.1) is 11.3 Å². The lowest BCUT2D eigenvalue weighted by molar-refractivity contribution is 0.0950. The Bertz CT molecular complexity index is 946. The van der Waals surface area contributed by atoms with E-state index < -0.39 is 15.7 Å². The van der Waals surface area contributed by atoms with E-state index in [-0.39, 0.29) is 4.90 Å². The van der Waals surface area contributed by atoms with Gasteiger partial charge in [-0.3, -0.25) is 4.79 Å². The quantitative estimate of drug-likeness (QED) is 0.595. The number of carbonyl (C=O) groups excluding carboxylic acids is 1. The smallest absolute Gasteiger partial charge is 0.290 e. The topological polar surface area (TPSA) is 101 Å². The predicted molar refractivity (Wildman–Crippen MR) is 104 cm³/mol. The van der Waals surface area contributed by atoms with Gasteiger partial charge in [0.05, 0.1) is 23.8 Å². The first kappa shape index (κ1) is 19.5. The Kier molecular flexibility index (Phi) is 5.88. The molecule has 1 amide bonds. The molecule has 2 aromatic rings. The standard InChI is InChI=1S/C17H20N4O4S2/c1-12(13-3-5-14(6-4-13)27(2,23)24)19-20-16(22)15-11-26-17(18-15)21-7-9-25-10-8-21/h3-6,11H,7-10H2,1-2H3,(H,20,22)/b19-12-. The largest absolute Gasteiger partial charge is 0.378 e. The van der Waals surface area contributed by atoms with Crippen LogP contribution in [0.2, 0.25) is 0 Å². The maximum atomic E-state index is 12.3. The van der Waals surface area contributed by atoms with Crippen LogP contribution >= 0.6 is 11.3 Å². The van der Waals surface area contributed by atoms with Crippen molar-refractivity contribution in [1.82, 2.24) is 10.4 Å². The van der Waals surface area contributed by atoms with Gasteiger partial charge in [-0.05, 0) is 24.6 Å². The van der Waals surface area contributed by atoms with Gasteiger partial charge in [0.25, 0.3) is 5.91 Å². The fourth-order valence-electron chi connectivity index (χ4n) is 2.47. The van der Waals surface area contributed by atoms with E-state index in [1.807, 2.05) is 0 Å². The summed E-state index contributed by atoms with van der Waals surface area (Å²) in [7, 11) is -3.24. The van der Waals surface area contributed by atoms with E-state index in [9.17, 15) is 13.2 Å². The van der Waals surface area contributed by atoms with Gasteiger partial charge < -0.3 is 9.64 Å². The van der Waals surface area contributed by atoms with E-state index in [0.717, 1.165) is 30.0 Å². The molecule has 8 nitrogen and oxygen atoms in total. The van der Waals surface area contributed by atoms with Gasteiger partial charge in [0, 0.05) is 24.7 Å². The Hall–Kier alpha value is -2.30. The van der Waals surface area contributed by atoms with Gasteiger partial charge in [0.2, 0.25) is 0 Å². The van der Waals surface area contributed by atoms with Crippen molar-refractivity contribution in [2.75, 3.05) is 37.5 Å². The third-order valence-corrected chi connectivity index (χ3v) is 6.06. The maximum absolute atomic E-state index is 12.3. The number of nitrogens with one attached hydrogen (secondary N) is 1. The lowest BCUT2D eigenvalue weighted by atomic mass is 10.1. The van der Waals surface area contributed by atoms with Crippen LogP contribution in [-0.4, -0.2) is 57.6 Å². The number of rotatable bonds is 5. The molecule has 0 radical (unpaired) electrons. The summed E-state index contributed by atoms with van der Waals surface area (Å²) in [6.45, 7) is 4.56. The molecule has 1 aliphatic rings. The molecule has 3 rings (SSSR count). The molecule has 2 heterocycles. The van der Waals surface area contributed by atoms with Crippen molar-refractivity contribution < 1.29 is 17.9 Å². The van der Waals surface area contributed by atoms with Crippen molar-refractivity contribution >= 4 is 37.9 Å². The number of thiazole rings is 1. The van der Waals surface area contributed by atoms with Crippen molar-refractivity contribution in [3.8, 4) is 0 Å². The van der Waals surface area contributed by atoms with Crippen molar-refractivity contribution in [2.24, 2.45) is 5.10 Å². The number of ether oxygens (including phenoxy) is 1. The van der Waals surface area contributed by atoms with Crippen LogP contribution in [0.15, 0.2) is 39.6 Å². The number of benzene rings is 1. The number of nitrogens with zero attached hydrogens (tertiary/aromatic N) is 3. The maximum Gasteiger partial charge on any atom is 0.290 e. The van der Waals surface area contributed by atoms with Crippen LogP contribution < -0.4 is 10.3 Å². The van der Waals surface area contributed by atoms with Gasteiger partial charge in [-0.25, -0.2) is 18.8 Å². The van der Waals surface area contributed by atoms with Crippen molar-refractivity contribution in [2.45, 2.75) is 11.8 Å². The summed E-state index contributed by atoms with van der Waals surface area (Å²) < 4.78 is 28.3. The Morgan fingerprint density at radius 2 is 1.93 bits per heavy atom. The normalized spacial score (nSPS) is 15.6. The lowest BCUT2D eigenvalue weighted by Crippen LogP contribution is -2.36. The Balaban J connectivity index is 1.64. The van der Waals surface area contributed by atoms with Crippen LogP contribution in [0.4, 0.5) is 5.13 Å². The molecule has 0 bridgehead atoms. The molecule has 1 N–H and O–H groups in total.